The van der Waals surface area contributed by atoms with Crippen molar-refractivity contribution in [3.63, 3.8) is 0 Å². The van der Waals surface area contributed by atoms with Crippen LogP contribution in [0.3, 0.4) is 0 Å². The SMILES string of the molecule is CC.CC.COc1ccc(CN2CC(C(=O)c3ccc4[nH]c(=O)ccc4c3)C2)cc1. The summed E-state index contributed by atoms with van der Waals surface area (Å²) in [7, 11) is 1.66. The fourth-order valence-electron chi connectivity index (χ4n) is 3.40. The molecule has 5 nitrogen and oxygen atoms in total. The van der Waals surface area contributed by atoms with Crippen LogP contribution >= 0.6 is 0 Å². The summed E-state index contributed by atoms with van der Waals surface area (Å²) in [6.07, 6.45) is 0. The Morgan fingerprint density at radius 1 is 1.00 bits per heavy atom. The lowest BCUT2D eigenvalue weighted by Gasteiger charge is -2.38. The molecule has 0 saturated carbocycles. The third-order valence-electron chi connectivity index (χ3n) is 4.90. The van der Waals surface area contributed by atoms with E-state index in [1.807, 2.05) is 45.9 Å². The van der Waals surface area contributed by atoms with E-state index in [0.717, 1.165) is 36.3 Å². The van der Waals surface area contributed by atoms with Crippen LogP contribution in [0.1, 0.15) is 43.6 Å². The third-order valence-corrected chi connectivity index (χ3v) is 4.90. The number of rotatable bonds is 5. The topological polar surface area (TPSA) is 62.4 Å². The molecule has 1 saturated heterocycles. The van der Waals surface area contributed by atoms with Gasteiger partial charge in [0.05, 0.1) is 7.11 Å². The molecule has 0 bridgehead atoms. The second-order valence-corrected chi connectivity index (χ2v) is 6.73. The van der Waals surface area contributed by atoms with Crippen molar-refractivity contribution in [1.29, 1.82) is 0 Å². The van der Waals surface area contributed by atoms with Gasteiger partial charge in [0, 0.05) is 42.7 Å². The lowest BCUT2D eigenvalue weighted by Crippen LogP contribution is -2.49. The number of likely N-dealkylation sites (tertiary alicyclic amines) is 1. The number of Topliss-reactive ketones (excluding diaryl/α,β-unsaturated/α-hetero) is 1. The average Bonchev–Trinajstić information content (AvgIpc) is 2.78. The number of nitrogens with one attached hydrogen (secondary N) is 1. The molecule has 0 radical (unpaired) electrons. The zero-order valence-electron chi connectivity index (χ0n) is 18.6. The van der Waals surface area contributed by atoms with Gasteiger partial charge in [0.2, 0.25) is 5.56 Å². The number of hydrogen-bond donors (Lipinski definition) is 1. The highest BCUT2D eigenvalue weighted by Crippen LogP contribution is 2.24. The number of ketones is 1. The van der Waals surface area contributed by atoms with Crippen molar-refractivity contribution >= 4 is 16.7 Å². The van der Waals surface area contributed by atoms with Crippen LogP contribution in [0.2, 0.25) is 0 Å². The summed E-state index contributed by atoms with van der Waals surface area (Å²) in [6, 6.07) is 16.7. The molecule has 1 aromatic heterocycles. The van der Waals surface area contributed by atoms with Crippen molar-refractivity contribution in [2.24, 2.45) is 5.92 Å². The summed E-state index contributed by atoms with van der Waals surface area (Å²) in [5.41, 5.74) is 2.54. The van der Waals surface area contributed by atoms with Crippen molar-refractivity contribution in [1.82, 2.24) is 9.88 Å². The number of carbonyl (C=O) groups excluding carboxylic acids is 1. The van der Waals surface area contributed by atoms with Crippen LogP contribution in [0.25, 0.3) is 10.9 Å². The van der Waals surface area contributed by atoms with Crippen LogP contribution in [0.4, 0.5) is 0 Å². The number of hydrogen-bond acceptors (Lipinski definition) is 4. The van der Waals surface area contributed by atoms with E-state index in [1.165, 1.54) is 11.6 Å². The van der Waals surface area contributed by atoms with Gasteiger partial charge in [-0.2, -0.15) is 0 Å². The highest BCUT2D eigenvalue weighted by Gasteiger charge is 2.32. The second-order valence-electron chi connectivity index (χ2n) is 6.73. The zero-order valence-corrected chi connectivity index (χ0v) is 18.6. The van der Waals surface area contributed by atoms with Crippen LogP contribution in [-0.4, -0.2) is 35.9 Å². The molecule has 0 spiro atoms. The molecular formula is C25H32N2O3. The number of nitrogens with zero attached hydrogens (tertiary/aromatic N) is 1. The van der Waals surface area contributed by atoms with E-state index >= 15 is 0 Å². The van der Waals surface area contributed by atoms with E-state index in [1.54, 1.807) is 25.3 Å². The number of benzene rings is 2. The molecule has 3 aromatic rings. The van der Waals surface area contributed by atoms with Gasteiger partial charge in [-0.15, -0.1) is 0 Å². The molecular weight excluding hydrogens is 376 g/mol. The van der Waals surface area contributed by atoms with Crippen LogP contribution in [-0.2, 0) is 6.54 Å². The molecule has 1 aliphatic rings. The summed E-state index contributed by atoms with van der Waals surface area (Å²) in [5, 5.41) is 0.880. The maximum atomic E-state index is 12.7. The summed E-state index contributed by atoms with van der Waals surface area (Å²) < 4.78 is 5.17. The lowest BCUT2D eigenvalue weighted by molar-refractivity contribution is 0.0595. The van der Waals surface area contributed by atoms with E-state index in [9.17, 15) is 9.59 Å². The molecule has 5 heteroatoms. The first-order chi connectivity index (χ1) is 14.6. The van der Waals surface area contributed by atoms with Crippen LogP contribution in [0, 0.1) is 5.92 Å². The highest BCUT2D eigenvalue weighted by molar-refractivity contribution is 6.01. The van der Waals surface area contributed by atoms with Crippen LogP contribution < -0.4 is 10.3 Å². The lowest BCUT2D eigenvalue weighted by atomic mass is 9.90. The van der Waals surface area contributed by atoms with Crippen LogP contribution in [0.5, 0.6) is 5.75 Å². The fraction of sp³-hybridized carbons (Fsp3) is 0.360. The molecule has 30 heavy (non-hydrogen) atoms. The van der Waals surface area contributed by atoms with E-state index < -0.39 is 0 Å². The molecule has 1 fully saturated rings. The molecule has 1 aliphatic heterocycles. The van der Waals surface area contributed by atoms with Gasteiger partial charge in [0.15, 0.2) is 5.78 Å². The standard InChI is InChI=1S/C21H20N2O3.2C2H6/c1-26-18-6-2-14(3-7-18)11-23-12-17(13-23)21(25)16-4-8-19-15(10-16)5-9-20(24)22-19;2*1-2/h2-10,17H,11-13H2,1H3,(H,22,24);2*1-2H3. The maximum absolute atomic E-state index is 12.7. The maximum Gasteiger partial charge on any atom is 0.248 e. The highest BCUT2D eigenvalue weighted by atomic mass is 16.5. The van der Waals surface area contributed by atoms with Crippen molar-refractivity contribution in [2.45, 2.75) is 34.2 Å². The summed E-state index contributed by atoms with van der Waals surface area (Å²) in [4.78, 5) is 29.1. The molecule has 160 valence electrons. The zero-order chi connectivity index (χ0) is 22.1. The molecule has 0 amide bonds. The summed E-state index contributed by atoms with van der Waals surface area (Å²) in [5.74, 6) is 1.06. The van der Waals surface area contributed by atoms with Crippen molar-refractivity contribution in [3.8, 4) is 5.75 Å². The number of ether oxygens (including phenoxy) is 1. The van der Waals surface area contributed by atoms with Gasteiger partial charge in [-0.3, -0.25) is 14.5 Å². The molecule has 4 rings (SSSR count). The van der Waals surface area contributed by atoms with Crippen molar-refractivity contribution < 1.29 is 9.53 Å². The van der Waals surface area contributed by atoms with E-state index in [2.05, 4.69) is 22.0 Å². The first kappa shape index (κ1) is 23.4. The van der Waals surface area contributed by atoms with Gasteiger partial charge in [0.25, 0.3) is 0 Å². The van der Waals surface area contributed by atoms with Crippen LogP contribution in [0.15, 0.2) is 59.4 Å². The average molecular weight is 409 g/mol. The fourth-order valence-corrected chi connectivity index (χ4v) is 3.40. The molecule has 0 unspecified atom stereocenters. The third kappa shape index (κ3) is 5.57. The van der Waals surface area contributed by atoms with Gasteiger partial charge in [-0.1, -0.05) is 39.8 Å². The van der Waals surface area contributed by atoms with Crippen molar-refractivity contribution in [3.05, 3.63) is 76.1 Å². The molecule has 2 aromatic carbocycles. The van der Waals surface area contributed by atoms with E-state index in [4.69, 9.17) is 4.74 Å². The van der Waals surface area contributed by atoms with E-state index in [0.29, 0.717) is 5.56 Å². The van der Waals surface area contributed by atoms with Gasteiger partial charge in [-0.05, 0) is 47.3 Å². The Balaban J connectivity index is 0.000000757. The second kappa shape index (κ2) is 11.3. The monoisotopic (exact) mass is 408 g/mol. The first-order valence-electron chi connectivity index (χ1n) is 10.6. The number of fused-ring (bicyclic) bond motifs is 1. The van der Waals surface area contributed by atoms with Gasteiger partial charge in [0.1, 0.15) is 5.75 Å². The predicted molar refractivity (Wildman–Crippen MR) is 123 cm³/mol. The number of H-pyrrole nitrogens is 1. The number of aromatic nitrogens is 1. The Morgan fingerprint density at radius 3 is 2.30 bits per heavy atom. The molecule has 0 atom stereocenters. The largest absolute Gasteiger partial charge is 0.497 e. The number of methoxy groups -OCH3 is 1. The predicted octanol–water partition coefficient (Wildman–Crippen LogP) is 4.90. The Kier molecular flexibility index (Phi) is 8.81. The summed E-state index contributed by atoms with van der Waals surface area (Å²) in [6.45, 7) is 10.4. The minimum Gasteiger partial charge on any atom is -0.497 e. The van der Waals surface area contributed by atoms with Gasteiger partial charge < -0.3 is 9.72 Å². The Bertz CT molecular complexity index is 1000. The Hall–Kier alpha value is -2.92. The van der Waals surface area contributed by atoms with Crippen molar-refractivity contribution in [2.75, 3.05) is 20.2 Å². The Morgan fingerprint density at radius 2 is 1.67 bits per heavy atom. The smallest absolute Gasteiger partial charge is 0.248 e. The van der Waals surface area contributed by atoms with Gasteiger partial charge >= 0.3 is 0 Å². The Labute approximate surface area is 178 Å². The number of carbonyl (C=O) groups is 1. The molecule has 1 N–H and O–H groups in total. The van der Waals surface area contributed by atoms with Gasteiger partial charge in [-0.25, -0.2) is 0 Å². The minimum atomic E-state index is -0.134. The molecule has 2 heterocycles. The normalized spacial score (nSPS) is 13.4. The number of aromatic amines is 1. The quantitative estimate of drug-likeness (QED) is 0.610. The minimum absolute atomic E-state index is 0.0356. The molecule has 0 aliphatic carbocycles. The number of pyridine rings is 1. The van der Waals surface area contributed by atoms with E-state index in [-0.39, 0.29) is 17.3 Å². The first-order valence-corrected chi connectivity index (χ1v) is 10.6. The summed E-state index contributed by atoms with van der Waals surface area (Å²) >= 11 is 0.